The monoisotopic (exact) mass is 356 g/mol. The second kappa shape index (κ2) is 7.60. The zero-order valence-corrected chi connectivity index (χ0v) is 13.8. The Balaban J connectivity index is 1.55. The molecule has 2 aromatic heterocycles. The zero-order chi connectivity index (χ0) is 18.5. The van der Waals surface area contributed by atoms with E-state index in [0.29, 0.717) is 19.5 Å². The van der Waals surface area contributed by atoms with Crippen LogP contribution in [0.15, 0.2) is 34.2 Å². The lowest BCUT2D eigenvalue weighted by Crippen LogP contribution is -2.34. The summed E-state index contributed by atoms with van der Waals surface area (Å²) in [5, 5.41) is 9.00. The summed E-state index contributed by atoms with van der Waals surface area (Å²) >= 11 is 0. The Bertz CT molecular complexity index is 960. The van der Waals surface area contributed by atoms with Crippen LogP contribution in [0.3, 0.4) is 0 Å². The van der Waals surface area contributed by atoms with Gasteiger partial charge in [-0.2, -0.15) is 5.26 Å². The Hall–Kier alpha value is -3.48. The van der Waals surface area contributed by atoms with Crippen molar-refractivity contribution in [2.24, 2.45) is 0 Å². The van der Waals surface area contributed by atoms with E-state index in [4.69, 9.17) is 10.00 Å². The highest BCUT2D eigenvalue weighted by molar-refractivity contribution is 5.76. The third-order valence-corrected chi connectivity index (χ3v) is 4.01. The van der Waals surface area contributed by atoms with Gasteiger partial charge in [0.25, 0.3) is 11.4 Å². The molecule has 134 valence electrons. The molecule has 3 rings (SSSR count). The molecule has 0 aromatic carbocycles. The minimum absolute atomic E-state index is 0.106. The lowest BCUT2D eigenvalue weighted by atomic mass is 10.3. The largest absolute Gasteiger partial charge is 0.470 e. The SMILES string of the molecule is N#Cc1nccnc1OC1CCN(C(=O)CCn2ccc(=O)[nH]c2=O)C1. The molecule has 1 amide bonds. The predicted octanol–water partition coefficient (Wildman–Crippen LogP) is -0.732. The fourth-order valence-corrected chi connectivity index (χ4v) is 2.69. The first-order valence-electron chi connectivity index (χ1n) is 8.02. The Morgan fingerprint density at radius 2 is 2.19 bits per heavy atom. The van der Waals surface area contributed by atoms with Gasteiger partial charge in [0.05, 0.1) is 6.54 Å². The van der Waals surface area contributed by atoms with E-state index in [-0.39, 0.29) is 36.6 Å². The summed E-state index contributed by atoms with van der Waals surface area (Å²) in [4.78, 5) is 46.6. The number of rotatable bonds is 5. The van der Waals surface area contributed by atoms with E-state index in [1.807, 2.05) is 6.07 Å². The third-order valence-electron chi connectivity index (χ3n) is 4.01. The van der Waals surface area contributed by atoms with Crippen LogP contribution in [-0.2, 0) is 11.3 Å². The van der Waals surface area contributed by atoms with Crippen LogP contribution in [0, 0.1) is 11.3 Å². The maximum absolute atomic E-state index is 12.3. The Morgan fingerprint density at radius 1 is 1.38 bits per heavy atom. The Kier molecular flexibility index (Phi) is 5.07. The molecule has 1 aliphatic rings. The molecule has 0 aliphatic carbocycles. The average molecular weight is 356 g/mol. The van der Waals surface area contributed by atoms with Crippen molar-refractivity contribution in [1.29, 1.82) is 5.26 Å². The van der Waals surface area contributed by atoms with Gasteiger partial charge in [0.2, 0.25) is 11.6 Å². The number of likely N-dealkylation sites (tertiary alicyclic amines) is 1. The summed E-state index contributed by atoms with van der Waals surface area (Å²) < 4.78 is 6.97. The normalized spacial score (nSPS) is 16.3. The number of aryl methyl sites for hydroxylation is 1. The van der Waals surface area contributed by atoms with E-state index in [0.717, 1.165) is 0 Å². The topological polar surface area (TPSA) is 134 Å². The number of H-pyrrole nitrogens is 1. The van der Waals surface area contributed by atoms with Crippen LogP contribution >= 0.6 is 0 Å². The number of hydrogen-bond acceptors (Lipinski definition) is 7. The fourth-order valence-electron chi connectivity index (χ4n) is 2.69. The fraction of sp³-hybridized carbons (Fsp3) is 0.375. The molecule has 1 fully saturated rings. The van der Waals surface area contributed by atoms with Crippen molar-refractivity contribution in [2.75, 3.05) is 13.1 Å². The van der Waals surface area contributed by atoms with E-state index in [2.05, 4.69) is 15.0 Å². The lowest BCUT2D eigenvalue weighted by Gasteiger charge is -2.17. The number of amides is 1. The van der Waals surface area contributed by atoms with Crippen molar-refractivity contribution >= 4 is 5.91 Å². The van der Waals surface area contributed by atoms with Crippen molar-refractivity contribution in [3.8, 4) is 11.9 Å². The number of aromatic amines is 1. The highest BCUT2D eigenvalue weighted by atomic mass is 16.5. The predicted molar refractivity (Wildman–Crippen MR) is 88.3 cm³/mol. The second-order valence-electron chi connectivity index (χ2n) is 5.74. The molecule has 1 N–H and O–H groups in total. The summed E-state index contributed by atoms with van der Waals surface area (Å²) in [5.41, 5.74) is -0.910. The smallest absolute Gasteiger partial charge is 0.328 e. The summed E-state index contributed by atoms with van der Waals surface area (Å²) in [5.74, 6) is 0.0444. The van der Waals surface area contributed by atoms with Gasteiger partial charge in [-0.15, -0.1) is 0 Å². The number of nitrogens with one attached hydrogen (secondary N) is 1. The maximum Gasteiger partial charge on any atom is 0.328 e. The van der Waals surface area contributed by atoms with E-state index >= 15 is 0 Å². The number of nitriles is 1. The standard InChI is InChI=1S/C16H16N6O4/c17-9-12-15(19-5-4-18-12)26-11-1-6-22(10-11)14(24)3-8-21-7-2-13(23)20-16(21)25/h2,4-5,7,11H,1,3,6,8,10H2,(H,20,23,25). The van der Waals surface area contributed by atoms with E-state index < -0.39 is 11.2 Å². The van der Waals surface area contributed by atoms with Crippen LogP contribution in [0.4, 0.5) is 0 Å². The van der Waals surface area contributed by atoms with Gasteiger partial charge in [-0.25, -0.2) is 14.8 Å². The first-order valence-corrected chi connectivity index (χ1v) is 8.02. The molecular formula is C16H16N6O4. The number of carbonyl (C=O) groups is 1. The van der Waals surface area contributed by atoms with Crippen molar-refractivity contribution in [3.05, 3.63) is 51.2 Å². The van der Waals surface area contributed by atoms with Gasteiger partial charge in [-0.3, -0.25) is 14.6 Å². The van der Waals surface area contributed by atoms with E-state index in [1.165, 1.54) is 29.2 Å². The maximum atomic E-state index is 12.3. The van der Waals surface area contributed by atoms with Crippen LogP contribution in [0.2, 0.25) is 0 Å². The van der Waals surface area contributed by atoms with Gasteiger partial charge in [0, 0.05) is 50.6 Å². The van der Waals surface area contributed by atoms with Crippen molar-refractivity contribution < 1.29 is 9.53 Å². The van der Waals surface area contributed by atoms with E-state index in [9.17, 15) is 14.4 Å². The molecular weight excluding hydrogens is 340 g/mol. The summed E-state index contributed by atoms with van der Waals surface area (Å²) in [6.07, 6.45) is 4.70. The van der Waals surface area contributed by atoms with Gasteiger partial charge in [0.15, 0.2) is 0 Å². The zero-order valence-electron chi connectivity index (χ0n) is 13.8. The van der Waals surface area contributed by atoms with Gasteiger partial charge < -0.3 is 14.2 Å². The number of ether oxygens (including phenoxy) is 1. The molecule has 1 unspecified atom stereocenters. The Morgan fingerprint density at radius 3 is 2.96 bits per heavy atom. The first kappa shape index (κ1) is 17.3. The van der Waals surface area contributed by atoms with Gasteiger partial charge in [-0.1, -0.05) is 0 Å². The molecule has 0 saturated carbocycles. The van der Waals surface area contributed by atoms with Crippen LogP contribution in [0.1, 0.15) is 18.5 Å². The minimum Gasteiger partial charge on any atom is -0.470 e. The number of aromatic nitrogens is 4. The van der Waals surface area contributed by atoms with E-state index in [1.54, 1.807) is 4.90 Å². The highest BCUT2D eigenvalue weighted by Crippen LogP contribution is 2.19. The van der Waals surface area contributed by atoms with Gasteiger partial charge in [-0.05, 0) is 0 Å². The lowest BCUT2D eigenvalue weighted by molar-refractivity contribution is -0.130. The molecule has 10 heteroatoms. The Labute approximate surface area is 147 Å². The van der Waals surface area contributed by atoms with Crippen LogP contribution in [-0.4, -0.2) is 49.5 Å². The number of carbonyl (C=O) groups excluding carboxylic acids is 1. The van der Waals surface area contributed by atoms with Crippen molar-refractivity contribution in [3.63, 3.8) is 0 Å². The molecule has 1 atom stereocenters. The molecule has 10 nitrogen and oxygen atoms in total. The quantitative estimate of drug-likeness (QED) is 0.746. The summed E-state index contributed by atoms with van der Waals surface area (Å²) in [6, 6.07) is 3.15. The van der Waals surface area contributed by atoms with Gasteiger partial charge in [0.1, 0.15) is 12.2 Å². The molecule has 0 bridgehead atoms. The molecule has 26 heavy (non-hydrogen) atoms. The molecule has 1 saturated heterocycles. The molecule has 2 aromatic rings. The molecule has 0 spiro atoms. The van der Waals surface area contributed by atoms with Crippen LogP contribution in [0.25, 0.3) is 0 Å². The van der Waals surface area contributed by atoms with Crippen molar-refractivity contribution in [2.45, 2.75) is 25.5 Å². The minimum atomic E-state index is -0.542. The molecule has 3 heterocycles. The molecule has 0 radical (unpaired) electrons. The third kappa shape index (κ3) is 3.94. The van der Waals surface area contributed by atoms with Crippen LogP contribution < -0.4 is 16.0 Å². The number of nitrogens with zero attached hydrogens (tertiary/aromatic N) is 5. The molecule has 1 aliphatic heterocycles. The van der Waals surface area contributed by atoms with Crippen LogP contribution in [0.5, 0.6) is 5.88 Å². The average Bonchev–Trinajstić information content (AvgIpc) is 3.10. The van der Waals surface area contributed by atoms with Crippen molar-refractivity contribution in [1.82, 2.24) is 24.4 Å². The first-order chi connectivity index (χ1) is 12.6. The van der Waals surface area contributed by atoms with Gasteiger partial charge >= 0.3 is 5.69 Å². The second-order valence-corrected chi connectivity index (χ2v) is 5.74. The number of hydrogen-bond donors (Lipinski definition) is 1. The summed E-state index contributed by atoms with van der Waals surface area (Å²) in [7, 11) is 0. The summed E-state index contributed by atoms with van der Waals surface area (Å²) in [6.45, 7) is 1.08. The highest BCUT2D eigenvalue weighted by Gasteiger charge is 2.28.